The number of aliphatic carboxylic acids is 1. The second-order valence-corrected chi connectivity index (χ2v) is 5.43. The molecule has 0 unspecified atom stereocenters. The van der Waals surface area contributed by atoms with Crippen LogP contribution in [-0.4, -0.2) is 37.9 Å². The van der Waals surface area contributed by atoms with Gasteiger partial charge in [0.15, 0.2) is 0 Å². The number of amides is 1. The SMILES string of the molecule is O=C(O)CN1C(=O)/C(=C/c2ccc(O)cc2)SC1=S. The number of hydrogen-bond acceptors (Lipinski definition) is 5. The molecule has 0 atom stereocenters. The highest BCUT2D eigenvalue weighted by Crippen LogP contribution is 2.32. The second kappa shape index (κ2) is 5.41. The third kappa shape index (κ3) is 3.12. The van der Waals surface area contributed by atoms with Gasteiger partial charge in [-0.3, -0.25) is 14.5 Å². The molecule has 19 heavy (non-hydrogen) atoms. The molecule has 0 saturated carbocycles. The molecule has 0 aromatic heterocycles. The fourth-order valence-electron chi connectivity index (χ4n) is 1.49. The van der Waals surface area contributed by atoms with E-state index in [4.69, 9.17) is 22.4 Å². The highest BCUT2D eigenvalue weighted by atomic mass is 32.2. The molecule has 1 amide bonds. The van der Waals surface area contributed by atoms with Crippen LogP contribution >= 0.6 is 24.0 Å². The van der Waals surface area contributed by atoms with Crippen molar-refractivity contribution in [1.82, 2.24) is 4.90 Å². The Morgan fingerprint density at radius 1 is 1.37 bits per heavy atom. The zero-order chi connectivity index (χ0) is 14.0. The summed E-state index contributed by atoms with van der Waals surface area (Å²) in [6.07, 6.45) is 1.61. The average molecular weight is 295 g/mol. The molecule has 1 aromatic rings. The molecule has 1 aromatic carbocycles. The maximum Gasteiger partial charge on any atom is 0.323 e. The van der Waals surface area contributed by atoms with Crippen molar-refractivity contribution in [3.63, 3.8) is 0 Å². The van der Waals surface area contributed by atoms with Crippen molar-refractivity contribution in [2.45, 2.75) is 0 Å². The minimum Gasteiger partial charge on any atom is -0.508 e. The minimum absolute atomic E-state index is 0.135. The summed E-state index contributed by atoms with van der Waals surface area (Å²) < 4.78 is 0.234. The maximum atomic E-state index is 12.0. The lowest BCUT2D eigenvalue weighted by Gasteiger charge is -2.10. The van der Waals surface area contributed by atoms with Gasteiger partial charge >= 0.3 is 5.97 Å². The largest absolute Gasteiger partial charge is 0.508 e. The number of benzene rings is 1. The van der Waals surface area contributed by atoms with Crippen LogP contribution in [0.15, 0.2) is 29.2 Å². The molecule has 7 heteroatoms. The van der Waals surface area contributed by atoms with E-state index in [1.165, 1.54) is 12.1 Å². The van der Waals surface area contributed by atoms with E-state index in [-0.39, 0.29) is 10.1 Å². The summed E-state index contributed by atoms with van der Waals surface area (Å²) in [6, 6.07) is 6.31. The standard InChI is InChI=1S/C12H9NO4S2/c14-8-3-1-7(2-4-8)5-9-11(17)13(6-10(15)16)12(18)19-9/h1-5,14H,6H2,(H,15,16)/b9-5-. The number of carbonyl (C=O) groups excluding carboxylic acids is 1. The molecule has 1 fully saturated rings. The Bertz CT molecular complexity index is 580. The number of carboxylic acid groups (broad SMARTS) is 1. The monoisotopic (exact) mass is 295 g/mol. The molecule has 5 nitrogen and oxygen atoms in total. The Morgan fingerprint density at radius 3 is 2.58 bits per heavy atom. The number of aromatic hydroxyl groups is 1. The number of phenolic OH excluding ortho intramolecular Hbond substituents is 1. The Labute approximate surface area is 118 Å². The molecule has 2 rings (SSSR count). The highest BCUT2D eigenvalue weighted by Gasteiger charge is 2.33. The van der Waals surface area contributed by atoms with Crippen LogP contribution in [0.3, 0.4) is 0 Å². The number of thioether (sulfide) groups is 1. The molecule has 1 saturated heterocycles. The van der Waals surface area contributed by atoms with Gasteiger partial charge in [0, 0.05) is 0 Å². The van der Waals surface area contributed by atoms with E-state index in [0.29, 0.717) is 4.91 Å². The number of phenols is 1. The number of rotatable bonds is 3. The lowest BCUT2D eigenvalue weighted by Crippen LogP contribution is -2.33. The molecule has 0 radical (unpaired) electrons. The average Bonchev–Trinajstić information content (AvgIpc) is 2.60. The van der Waals surface area contributed by atoms with Crippen molar-refractivity contribution in [1.29, 1.82) is 0 Å². The molecule has 1 aliphatic heterocycles. The van der Waals surface area contributed by atoms with Gasteiger partial charge in [-0.15, -0.1) is 0 Å². The first-order valence-electron chi connectivity index (χ1n) is 5.23. The lowest BCUT2D eigenvalue weighted by molar-refractivity contribution is -0.140. The number of hydrogen-bond donors (Lipinski definition) is 2. The summed E-state index contributed by atoms with van der Waals surface area (Å²) in [5.74, 6) is -1.39. The quantitative estimate of drug-likeness (QED) is 0.652. The predicted molar refractivity (Wildman–Crippen MR) is 75.6 cm³/mol. The summed E-state index contributed by atoms with van der Waals surface area (Å²) in [7, 11) is 0. The van der Waals surface area contributed by atoms with Gasteiger partial charge in [-0.05, 0) is 23.8 Å². The predicted octanol–water partition coefficient (Wildman–Crippen LogP) is 1.68. The van der Waals surface area contributed by atoms with Crippen LogP contribution in [0.1, 0.15) is 5.56 Å². The molecule has 98 valence electrons. The zero-order valence-corrected chi connectivity index (χ0v) is 11.2. The van der Waals surface area contributed by atoms with Crippen molar-refractivity contribution in [3.05, 3.63) is 34.7 Å². The van der Waals surface area contributed by atoms with Crippen LogP contribution in [0.4, 0.5) is 0 Å². The normalized spacial score (nSPS) is 17.3. The van der Waals surface area contributed by atoms with E-state index in [1.54, 1.807) is 18.2 Å². The fourth-order valence-corrected chi connectivity index (χ4v) is 2.75. The maximum absolute atomic E-state index is 12.0. The van der Waals surface area contributed by atoms with Crippen LogP contribution in [0, 0.1) is 0 Å². The minimum atomic E-state index is -1.11. The summed E-state index contributed by atoms with van der Waals surface area (Å²) in [5.41, 5.74) is 0.730. The summed E-state index contributed by atoms with van der Waals surface area (Å²) in [4.78, 5) is 24.0. The van der Waals surface area contributed by atoms with Crippen LogP contribution in [0.25, 0.3) is 6.08 Å². The molecule has 1 aliphatic rings. The zero-order valence-electron chi connectivity index (χ0n) is 9.57. The van der Waals surface area contributed by atoms with Gasteiger partial charge in [0.05, 0.1) is 4.91 Å². The molecule has 0 spiro atoms. The summed E-state index contributed by atoms with van der Waals surface area (Å²) in [6.45, 7) is -0.433. The Morgan fingerprint density at radius 2 is 2.00 bits per heavy atom. The first kappa shape index (κ1) is 13.6. The van der Waals surface area contributed by atoms with Crippen molar-refractivity contribution >= 4 is 46.3 Å². The van der Waals surface area contributed by atoms with Crippen molar-refractivity contribution in [2.24, 2.45) is 0 Å². The molecule has 2 N–H and O–H groups in total. The van der Waals surface area contributed by atoms with Gasteiger partial charge in [0.2, 0.25) is 0 Å². The second-order valence-electron chi connectivity index (χ2n) is 3.75. The molecular formula is C12H9NO4S2. The Balaban J connectivity index is 2.23. The van der Waals surface area contributed by atoms with Crippen LogP contribution in [0.2, 0.25) is 0 Å². The van der Waals surface area contributed by atoms with E-state index in [1.807, 2.05) is 0 Å². The van der Waals surface area contributed by atoms with Gasteiger partial charge in [-0.2, -0.15) is 0 Å². The topological polar surface area (TPSA) is 77.8 Å². The van der Waals surface area contributed by atoms with Crippen LogP contribution < -0.4 is 0 Å². The van der Waals surface area contributed by atoms with Gasteiger partial charge in [0.25, 0.3) is 5.91 Å². The van der Waals surface area contributed by atoms with Crippen molar-refractivity contribution < 1.29 is 19.8 Å². The van der Waals surface area contributed by atoms with Crippen molar-refractivity contribution in [2.75, 3.05) is 6.54 Å². The Kier molecular flexibility index (Phi) is 3.87. The van der Waals surface area contributed by atoms with Gasteiger partial charge in [-0.25, -0.2) is 0 Å². The number of thiocarbonyl (C=S) groups is 1. The van der Waals surface area contributed by atoms with E-state index < -0.39 is 18.4 Å². The summed E-state index contributed by atoms with van der Waals surface area (Å²) in [5, 5.41) is 17.9. The molecule has 0 bridgehead atoms. The highest BCUT2D eigenvalue weighted by molar-refractivity contribution is 8.26. The summed E-state index contributed by atoms with van der Waals surface area (Å²) >= 11 is 6.04. The van der Waals surface area contributed by atoms with Gasteiger partial charge < -0.3 is 10.2 Å². The number of carbonyl (C=O) groups is 2. The fraction of sp³-hybridized carbons (Fsp3) is 0.0833. The Hall–Kier alpha value is -1.86. The first-order valence-corrected chi connectivity index (χ1v) is 6.46. The third-order valence-corrected chi connectivity index (χ3v) is 3.74. The first-order chi connectivity index (χ1) is 8.97. The van der Waals surface area contributed by atoms with E-state index in [0.717, 1.165) is 22.2 Å². The van der Waals surface area contributed by atoms with Crippen LogP contribution in [0.5, 0.6) is 5.75 Å². The van der Waals surface area contributed by atoms with E-state index >= 15 is 0 Å². The van der Waals surface area contributed by atoms with E-state index in [2.05, 4.69) is 0 Å². The lowest BCUT2D eigenvalue weighted by atomic mass is 10.2. The molecule has 0 aliphatic carbocycles. The molecule has 1 heterocycles. The van der Waals surface area contributed by atoms with Crippen LogP contribution in [-0.2, 0) is 9.59 Å². The third-order valence-electron chi connectivity index (χ3n) is 2.36. The van der Waals surface area contributed by atoms with Gasteiger partial charge in [0.1, 0.15) is 16.6 Å². The molecular weight excluding hydrogens is 286 g/mol. The van der Waals surface area contributed by atoms with Crippen molar-refractivity contribution in [3.8, 4) is 5.75 Å². The van der Waals surface area contributed by atoms with Gasteiger partial charge in [-0.1, -0.05) is 36.1 Å². The number of carboxylic acids is 1. The smallest absolute Gasteiger partial charge is 0.323 e. The van der Waals surface area contributed by atoms with E-state index in [9.17, 15) is 9.59 Å². The number of nitrogens with zero attached hydrogens (tertiary/aromatic N) is 1.